The summed E-state index contributed by atoms with van der Waals surface area (Å²) in [5.41, 5.74) is 1.19. The van der Waals surface area contributed by atoms with E-state index in [4.69, 9.17) is 0 Å². The van der Waals surface area contributed by atoms with Gasteiger partial charge in [-0.05, 0) is 31.9 Å². The molecular formula is C19H28N4O2. The lowest BCUT2D eigenvalue weighted by Crippen LogP contribution is -2.55. The summed E-state index contributed by atoms with van der Waals surface area (Å²) in [6, 6.07) is 9.86. The molecule has 6 heteroatoms. The molecule has 1 aromatic carbocycles. The first-order valence-electron chi connectivity index (χ1n) is 9.29. The number of rotatable bonds is 4. The standard InChI is InChI=1S/C19H28N4O2/c1-15(18(24)21-16-7-5-6-8-16)20-19(25)23-13-11-22(12-14-23)17-9-3-2-4-10-17/h2-4,9-10,15-16H,5-8,11-14H2,1H3,(H,20,25)(H,21,24)/t15-/m1/s1. The zero-order valence-corrected chi connectivity index (χ0v) is 14.9. The number of piperazine rings is 1. The van der Waals surface area contributed by atoms with Crippen molar-refractivity contribution in [2.24, 2.45) is 0 Å². The van der Waals surface area contributed by atoms with Crippen LogP contribution < -0.4 is 15.5 Å². The molecule has 1 heterocycles. The molecule has 136 valence electrons. The fourth-order valence-electron chi connectivity index (χ4n) is 3.54. The minimum Gasteiger partial charge on any atom is -0.368 e. The summed E-state index contributed by atoms with van der Waals surface area (Å²) in [4.78, 5) is 28.7. The number of carbonyl (C=O) groups is 2. The topological polar surface area (TPSA) is 64.7 Å². The Labute approximate surface area is 149 Å². The number of urea groups is 1. The largest absolute Gasteiger partial charge is 0.368 e. The average molecular weight is 344 g/mol. The second-order valence-corrected chi connectivity index (χ2v) is 6.97. The van der Waals surface area contributed by atoms with Crippen molar-refractivity contribution >= 4 is 17.6 Å². The maximum absolute atomic E-state index is 12.4. The van der Waals surface area contributed by atoms with E-state index in [2.05, 4.69) is 27.7 Å². The minimum absolute atomic E-state index is 0.0804. The van der Waals surface area contributed by atoms with Gasteiger partial charge in [-0.1, -0.05) is 31.0 Å². The van der Waals surface area contributed by atoms with Crippen molar-refractivity contribution in [3.63, 3.8) is 0 Å². The highest BCUT2D eigenvalue weighted by molar-refractivity contribution is 5.87. The number of amides is 3. The van der Waals surface area contributed by atoms with Crippen LogP contribution in [0.1, 0.15) is 32.6 Å². The quantitative estimate of drug-likeness (QED) is 0.878. The number of benzene rings is 1. The molecule has 0 unspecified atom stereocenters. The molecule has 0 bridgehead atoms. The Morgan fingerprint density at radius 2 is 1.68 bits per heavy atom. The van der Waals surface area contributed by atoms with E-state index in [1.165, 1.54) is 18.5 Å². The molecular weight excluding hydrogens is 316 g/mol. The number of hydrogen-bond acceptors (Lipinski definition) is 3. The van der Waals surface area contributed by atoms with Crippen LogP contribution in [-0.4, -0.2) is 55.1 Å². The van der Waals surface area contributed by atoms with E-state index >= 15 is 0 Å². The van der Waals surface area contributed by atoms with Crippen LogP contribution in [0.4, 0.5) is 10.5 Å². The Hall–Kier alpha value is -2.24. The fourth-order valence-corrected chi connectivity index (χ4v) is 3.54. The van der Waals surface area contributed by atoms with Crippen LogP contribution in [0.5, 0.6) is 0 Å². The number of nitrogens with zero attached hydrogens (tertiary/aromatic N) is 2. The van der Waals surface area contributed by atoms with Gasteiger partial charge in [0.1, 0.15) is 6.04 Å². The second kappa shape index (κ2) is 8.23. The van der Waals surface area contributed by atoms with Crippen molar-refractivity contribution < 1.29 is 9.59 Å². The van der Waals surface area contributed by atoms with Crippen molar-refractivity contribution in [2.75, 3.05) is 31.1 Å². The maximum atomic E-state index is 12.4. The highest BCUT2D eigenvalue weighted by Crippen LogP contribution is 2.18. The van der Waals surface area contributed by atoms with E-state index < -0.39 is 6.04 Å². The molecule has 0 aromatic heterocycles. The molecule has 1 aromatic rings. The van der Waals surface area contributed by atoms with E-state index in [9.17, 15) is 9.59 Å². The molecule has 1 atom stereocenters. The molecule has 0 radical (unpaired) electrons. The van der Waals surface area contributed by atoms with E-state index in [1.54, 1.807) is 11.8 Å². The summed E-state index contributed by atoms with van der Waals surface area (Å²) in [6.07, 6.45) is 4.45. The van der Waals surface area contributed by atoms with Gasteiger partial charge in [0.05, 0.1) is 0 Å². The Kier molecular flexibility index (Phi) is 5.79. The Morgan fingerprint density at radius 3 is 2.32 bits per heavy atom. The zero-order valence-electron chi connectivity index (χ0n) is 14.9. The smallest absolute Gasteiger partial charge is 0.318 e. The maximum Gasteiger partial charge on any atom is 0.318 e. The van der Waals surface area contributed by atoms with Gasteiger partial charge in [-0.15, -0.1) is 0 Å². The first-order chi connectivity index (χ1) is 12.1. The number of nitrogens with one attached hydrogen (secondary N) is 2. The van der Waals surface area contributed by atoms with Gasteiger partial charge in [-0.3, -0.25) is 4.79 Å². The normalized spacial score (nSPS) is 19.6. The molecule has 2 N–H and O–H groups in total. The summed E-state index contributed by atoms with van der Waals surface area (Å²) in [6.45, 7) is 4.69. The van der Waals surface area contributed by atoms with Crippen LogP contribution in [0.2, 0.25) is 0 Å². The van der Waals surface area contributed by atoms with Crippen LogP contribution in [0.3, 0.4) is 0 Å². The van der Waals surface area contributed by atoms with E-state index in [-0.39, 0.29) is 18.0 Å². The lowest BCUT2D eigenvalue weighted by molar-refractivity contribution is -0.123. The first-order valence-corrected chi connectivity index (χ1v) is 9.29. The average Bonchev–Trinajstić information content (AvgIpc) is 3.15. The first kappa shape index (κ1) is 17.6. The second-order valence-electron chi connectivity index (χ2n) is 6.97. The summed E-state index contributed by atoms with van der Waals surface area (Å²) in [5, 5.41) is 5.87. The Morgan fingerprint density at radius 1 is 1.04 bits per heavy atom. The molecule has 1 aliphatic carbocycles. The molecule has 1 aliphatic heterocycles. The van der Waals surface area contributed by atoms with Crippen LogP contribution in [0.15, 0.2) is 30.3 Å². The SMILES string of the molecule is C[C@@H](NC(=O)N1CCN(c2ccccc2)CC1)C(=O)NC1CCCC1. The summed E-state index contributed by atoms with van der Waals surface area (Å²) in [7, 11) is 0. The van der Waals surface area contributed by atoms with Crippen LogP contribution in [0, 0.1) is 0 Å². The van der Waals surface area contributed by atoms with E-state index in [1.807, 2.05) is 18.2 Å². The van der Waals surface area contributed by atoms with Crippen molar-refractivity contribution in [1.29, 1.82) is 0 Å². The lowest BCUT2D eigenvalue weighted by Gasteiger charge is -2.36. The van der Waals surface area contributed by atoms with Gasteiger partial charge in [0.2, 0.25) is 5.91 Å². The Balaban J connectivity index is 1.43. The molecule has 0 spiro atoms. The highest BCUT2D eigenvalue weighted by Gasteiger charge is 2.25. The predicted molar refractivity (Wildman–Crippen MR) is 98.6 cm³/mol. The van der Waals surface area contributed by atoms with Crippen molar-refractivity contribution in [3.8, 4) is 0 Å². The van der Waals surface area contributed by atoms with Crippen molar-refractivity contribution in [2.45, 2.75) is 44.7 Å². The van der Waals surface area contributed by atoms with Gasteiger partial charge < -0.3 is 20.4 Å². The molecule has 2 aliphatic rings. The summed E-state index contributed by atoms with van der Waals surface area (Å²) < 4.78 is 0. The van der Waals surface area contributed by atoms with Gasteiger partial charge in [-0.2, -0.15) is 0 Å². The molecule has 1 saturated carbocycles. The predicted octanol–water partition coefficient (Wildman–Crippen LogP) is 1.97. The Bertz CT molecular complexity index is 578. The van der Waals surface area contributed by atoms with Gasteiger partial charge >= 0.3 is 6.03 Å². The number of anilines is 1. The molecule has 25 heavy (non-hydrogen) atoms. The summed E-state index contributed by atoms with van der Waals surface area (Å²) >= 11 is 0. The third-order valence-corrected chi connectivity index (χ3v) is 5.12. The highest BCUT2D eigenvalue weighted by atomic mass is 16.2. The van der Waals surface area contributed by atoms with Gasteiger partial charge in [0.25, 0.3) is 0 Å². The van der Waals surface area contributed by atoms with Crippen LogP contribution in [-0.2, 0) is 4.79 Å². The molecule has 3 amide bonds. The van der Waals surface area contributed by atoms with Gasteiger partial charge in [0.15, 0.2) is 0 Å². The molecule has 1 saturated heterocycles. The number of carbonyl (C=O) groups excluding carboxylic acids is 2. The summed E-state index contributed by atoms with van der Waals surface area (Å²) in [5.74, 6) is -0.0804. The van der Waals surface area contributed by atoms with E-state index in [0.717, 1.165) is 25.9 Å². The third kappa shape index (κ3) is 4.65. The molecule has 2 fully saturated rings. The van der Waals surface area contributed by atoms with Crippen molar-refractivity contribution in [3.05, 3.63) is 30.3 Å². The fraction of sp³-hybridized carbons (Fsp3) is 0.579. The minimum atomic E-state index is -0.500. The number of para-hydroxylation sites is 1. The van der Waals surface area contributed by atoms with Gasteiger partial charge in [-0.25, -0.2) is 4.79 Å². The third-order valence-electron chi connectivity index (χ3n) is 5.12. The van der Waals surface area contributed by atoms with Crippen LogP contribution in [0.25, 0.3) is 0 Å². The number of hydrogen-bond donors (Lipinski definition) is 2. The molecule has 6 nitrogen and oxygen atoms in total. The van der Waals surface area contributed by atoms with Gasteiger partial charge in [0, 0.05) is 37.9 Å². The van der Waals surface area contributed by atoms with E-state index in [0.29, 0.717) is 13.1 Å². The zero-order chi connectivity index (χ0) is 17.6. The van der Waals surface area contributed by atoms with Crippen LogP contribution >= 0.6 is 0 Å². The lowest BCUT2D eigenvalue weighted by atomic mass is 10.2. The van der Waals surface area contributed by atoms with Crippen molar-refractivity contribution in [1.82, 2.24) is 15.5 Å². The monoisotopic (exact) mass is 344 g/mol. The molecule has 3 rings (SSSR count).